The van der Waals surface area contributed by atoms with Gasteiger partial charge >= 0.3 is 0 Å². The van der Waals surface area contributed by atoms with E-state index < -0.39 is 0 Å². The first-order chi connectivity index (χ1) is 27.2. The van der Waals surface area contributed by atoms with E-state index in [-0.39, 0.29) is 16.2 Å². The van der Waals surface area contributed by atoms with Crippen LogP contribution in [0.3, 0.4) is 0 Å². The molecule has 6 aliphatic rings. The monoisotopic (exact) mass is 745 g/mol. The van der Waals surface area contributed by atoms with Crippen LogP contribution >= 0.6 is 11.8 Å². The van der Waals surface area contributed by atoms with E-state index in [2.05, 4.69) is 172 Å². The maximum atomic E-state index is 2.67. The molecule has 12 rings (SSSR count). The first-order valence-electron chi connectivity index (χ1n) is 21.3. The number of fused-ring (bicyclic) bond motifs is 8. The third kappa shape index (κ3) is 4.35. The second-order valence-electron chi connectivity index (χ2n) is 19.6. The van der Waals surface area contributed by atoms with Gasteiger partial charge in [-0.15, -0.1) is 0 Å². The van der Waals surface area contributed by atoms with Gasteiger partial charge in [-0.25, -0.2) is 0 Å². The lowest BCUT2D eigenvalue weighted by atomic mass is 9.26. The van der Waals surface area contributed by atoms with Gasteiger partial charge in [0, 0.05) is 32.3 Å². The van der Waals surface area contributed by atoms with Crippen molar-refractivity contribution in [1.82, 2.24) is 0 Å². The minimum Gasteiger partial charge on any atom is -0.310 e. The Bertz CT molecular complexity index is 2550. The molecule has 2 spiro atoms. The standard InChI is InChI=1S/C54H51NS/c1-51(2)26-27-52(3,4)45-31-40(22-24-43(45)51)55(39-20-18-36(19-21-39)35-12-7-5-8-13-35)41-23-25-47-46(32-41)54(48-29-34-28-38-30-49(54)53(38,48)33-34)44-17-11-16-42(50(44)56-47)37-14-9-6-10-15-37/h5-25,31-32,34,38,48-49H,26-30,33H2,1-4H3. The van der Waals surface area contributed by atoms with E-state index in [1.165, 1.54) is 98.8 Å². The minimum atomic E-state index is 0.0765. The lowest BCUT2D eigenvalue weighted by molar-refractivity contribution is -0.235. The van der Waals surface area contributed by atoms with Gasteiger partial charge in [-0.2, -0.15) is 0 Å². The summed E-state index contributed by atoms with van der Waals surface area (Å²) in [4.78, 5) is 5.56. The Kier molecular flexibility index (Phi) is 6.92. The van der Waals surface area contributed by atoms with Gasteiger partial charge in [0.05, 0.1) is 0 Å². The van der Waals surface area contributed by atoms with Crippen LogP contribution in [0.15, 0.2) is 149 Å². The zero-order valence-corrected chi connectivity index (χ0v) is 34.0. The number of hydrogen-bond acceptors (Lipinski definition) is 2. The van der Waals surface area contributed by atoms with Crippen LogP contribution in [0.5, 0.6) is 0 Å². The van der Waals surface area contributed by atoms with Crippen LogP contribution in [0.2, 0.25) is 0 Å². The minimum absolute atomic E-state index is 0.0765. The lowest BCUT2D eigenvalue weighted by Crippen LogP contribution is -2.74. The summed E-state index contributed by atoms with van der Waals surface area (Å²) in [5.74, 6) is 3.34. The Morgan fingerprint density at radius 1 is 0.518 bits per heavy atom. The van der Waals surface area contributed by atoms with Gasteiger partial charge in [0.2, 0.25) is 0 Å². The van der Waals surface area contributed by atoms with E-state index in [0.717, 1.165) is 23.7 Å². The van der Waals surface area contributed by atoms with Crippen molar-refractivity contribution in [3.8, 4) is 22.3 Å². The molecule has 0 N–H and O–H groups in total. The van der Waals surface area contributed by atoms with Crippen LogP contribution in [-0.2, 0) is 16.2 Å². The highest BCUT2D eigenvalue weighted by molar-refractivity contribution is 7.99. The summed E-state index contributed by atoms with van der Waals surface area (Å²) in [6.45, 7) is 9.79. The molecule has 6 aromatic rings. The summed E-state index contributed by atoms with van der Waals surface area (Å²) in [6, 6.07) is 53.7. The number of hydrogen-bond donors (Lipinski definition) is 0. The third-order valence-electron chi connectivity index (χ3n) is 16.3. The van der Waals surface area contributed by atoms with Gasteiger partial charge in [-0.05, 0) is 165 Å². The van der Waals surface area contributed by atoms with Crippen LogP contribution in [0, 0.1) is 29.1 Å². The van der Waals surface area contributed by atoms with E-state index in [0.29, 0.717) is 5.41 Å². The van der Waals surface area contributed by atoms with Crippen LogP contribution in [-0.4, -0.2) is 0 Å². The lowest BCUT2D eigenvalue weighted by Gasteiger charge is -2.78. The molecule has 1 nitrogen and oxygen atoms in total. The molecule has 56 heavy (non-hydrogen) atoms. The summed E-state index contributed by atoms with van der Waals surface area (Å²) < 4.78 is 0. The van der Waals surface area contributed by atoms with Crippen LogP contribution in [0.4, 0.5) is 17.1 Å². The summed E-state index contributed by atoms with van der Waals surface area (Å²) >= 11 is 2.04. The zero-order chi connectivity index (χ0) is 37.6. The van der Waals surface area contributed by atoms with Crippen LogP contribution in [0.1, 0.15) is 88.5 Å². The molecule has 6 unspecified atom stereocenters. The van der Waals surface area contributed by atoms with Crippen molar-refractivity contribution in [3.63, 3.8) is 0 Å². The molecule has 0 amide bonds. The molecule has 278 valence electrons. The Labute approximate surface area is 337 Å². The fourth-order valence-electron chi connectivity index (χ4n) is 13.7. The topological polar surface area (TPSA) is 3.24 Å². The molecule has 0 saturated heterocycles. The molecule has 4 fully saturated rings. The van der Waals surface area contributed by atoms with E-state index in [1.807, 2.05) is 11.8 Å². The van der Waals surface area contributed by atoms with E-state index in [1.54, 1.807) is 11.1 Å². The molecule has 6 atom stereocenters. The Morgan fingerprint density at radius 2 is 1.14 bits per heavy atom. The number of benzene rings is 6. The van der Waals surface area contributed by atoms with E-state index >= 15 is 0 Å². The summed E-state index contributed by atoms with van der Waals surface area (Å²) in [5, 5.41) is 0. The molecule has 4 saturated carbocycles. The van der Waals surface area contributed by atoms with Gasteiger partial charge in [0.15, 0.2) is 0 Å². The highest BCUT2D eigenvalue weighted by Gasteiger charge is 2.84. The quantitative estimate of drug-likeness (QED) is 0.173. The van der Waals surface area contributed by atoms with Crippen molar-refractivity contribution < 1.29 is 0 Å². The smallest absolute Gasteiger partial charge is 0.0465 e. The maximum absolute atomic E-state index is 2.67. The normalized spacial score (nSPS) is 29.0. The second kappa shape index (κ2) is 11.5. The van der Waals surface area contributed by atoms with Crippen LogP contribution in [0.25, 0.3) is 22.3 Å². The summed E-state index contributed by atoms with van der Waals surface area (Å²) in [7, 11) is 0. The predicted octanol–water partition coefficient (Wildman–Crippen LogP) is 14.7. The Balaban J connectivity index is 1.05. The molecule has 1 heterocycles. The highest BCUT2D eigenvalue weighted by atomic mass is 32.2. The van der Waals surface area contributed by atoms with Crippen molar-refractivity contribution in [2.75, 3.05) is 4.90 Å². The number of nitrogens with zero attached hydrogens (tertiary/aromatic N) is 1. The number of anilines is 3. The fourth-order valence-corrected chi connectivity index (χ4v) is 15.1. The van der Waals surface area contributed by atoms with Crippen molar-refractivity contribution >= 4 is 28.8 Å². The third-order valence-corrected chi connectivity index (χ3v) is 17.5. The van der Waals surface area contributed by atoms with Crippen molar-refractivity contribution in [1.29, 1.82) is 0 Å². The first-order valence-corrected chi connectivity index (χ1v) is 22.1. The molecule has 2 heteroatoms. The average Bonchev–Trinajstić information content (AvgIpc) is 3.76. The fraction of sp³-hybridized carbons (Fsp3) is 0.333. The van der Waals surface area contributed by atoms with Crippen molar-refractivity contribution in [2.45, 2.75) is 92.3 Å². The van der Waals surface area contributed by atoms with Gasteiger partial charge in [0.1, 0.15) is 0 Å². The largest absolute Gasteiger partial charge is 0.310 e. The predicted molar refractivity (Wildman–Crippen MR) is 233 cm³/mol. The van der Waals surface area contributed by atoms with Crippen molar-refractivity contribution in [2.24, 2.45) is 29.1 Å². The molecule has 1 aliphatic heterocycles. The average molecular weight is 746 g/mol. The molecular formula is C54H51NS. The zero-order valence-electron chi connectivity index (χ0n) is 33.2. The van der Waals surface area contributed by atoms with Crippen LogP contribution < -0.4 is 4.90 Å². The highest BCUT2D eigenvalue weighted by Crippen LogP contribution is 2.89. The molecule has 0 aromatic heterocycles. The first kappa shape index (κ1) is 33.6. The van der Waals surface area contributed by atoms with Gasteiger partial charge < -0.3 is 4.90 Å². The van der Waals surface area contributed by atoms with Gasteiger partial charge in [-0.3, -0.25) is 0 Å². The SMILES string of the molecule is CC1(C)CCC(C)(C)c2cc(N(c3ccc(-c4ccccc4)cc3)c3ccc4c(c3)C3(c5cccc(-c6ccccc6)c5S4)C4CC5CC6CC3C64C5)ccc21. The molecule has 5 aliphatic carbocycles. The van der Waals surface area contributed by atoms with Gasteiger partial charge in [-0.1, -0.05) is 137 Å². The molecule has 0 radical (unpaired) electrons. The molecule has 6 aromatic carbocycles. The van der Waals surface area contributed by atoms with E-state index in [9.17, 15) is 0 Å². The van der Waals surface area contributed by atoms with Crippen molar-refractivity contribution in [3.05, 3.63) is 162 Å². The summed E-state index contributed by atoms with van der Waals surface area (Å²) in [6.07, 6.45) is 8.19. The number of rotatable bonds is 5. The summed E-state index contributed by atoms with van der Waals surface area (Å²) in [5.41, 5.74) is 16.2. The Morgan fingerprint density at radius 3 is 1.88 bits per heavy atom. The maximum Gasteiger partial charge on any atom is 0.0465 e. The van der Waals surface area contributed by atoms with E-state index in [4.69, 9.17) is 0 Å². The van der Waals surface area contributed by atoms with Gasteiger partial charge in [0.25, 0.3) is 0 Å². The second-order valence-corrected chi connectivity index (χ2v) is 20.7. The Hall–Kier alpha value is -4.53. The molecule has 2 bridgehead atoms. The molecular weight excluding hydrogens is 695 g/mol.